The predicted molar refractivity (Wildman–Crippen MR) is 105 cm³/mol. The highest BCUT2D eigenvalue weighted by Crippen LogP contribution is 2.22. The van der Waals surface area contributed by atoms with Gasteiger partial charge in [0.15, 0.2) is 5.75 Å². The van der Waals surface area contributed by atoms with Gasteiger partial charge in [0.2, 0.25) is 5.91 Å². The molecule has 0 aliphatic carbocycles. The predicted octanol–water partition coefficient (Wildman–Crippen LogP) is 2.59. The van der Waals surface area contributed by atoms with Crippen LogP contribution in [0.5, 0.6) is 11.8 Å². The van der Waals surface area contributed by atoms with Crippen molar-refractivity contribution in [3.63, 3.8) is 0 Å². The van der Waals surface area contributed by atoms with Gasteiger partial charge < -0.3 is 18.9 Å². The van der Waals surface area contributed by atoms with E-state index in [0.717, 1.165) is 29.3 Å². The van der Waals surface area contributed by atoms with Crippen molar-refractivity contribution in [1.82, 2.24) is 19.4 Å². The number of aryl methyl sites for hydroxylation is 1. The van der Waals surface area contributed by atoms with Crippen LogP contribution in [0.25, 0.3) is 10.9 Å². The Hall–Kier alpha value is -3.09. The van der Waals surface area contributed by atoms with E-state index in [0.29, 0.717) is 31.3 Å². The van der Waals surface area contributed by atoms with E-state index in [4.69, 9.17) is 9.47 Å². The third kappa shape index (κ3) is 3.78. The van der Waals surface area contributed by atoms with Gasteiger partial charge in [0.05, 0.1) is 25.9 Å². The Morgan fingerprint density at radius 1 is 1.18 bits per heavy atom. The Bertz CT molecular complexity index is 959. The highest BCUT2D eigenvalue weighted by atomic mass is 16.5. The number of aromatic nitrogens is 3. The minimum absolute atomic E-state index is 0.0231. The van der Waals surface area contributed by atoms with Gasteiger partial charge in [-0.1, -0.05) is 18.2 Å². The lowest BCUT2D eigenvalue weighted by molar-refractivity contribution is -0.132. The molecule has 3 heterocycles. The second kappa shape index (κ2) is 7.88. The van der Waals surface area contributed by atoms with Gasteiger partial charge in [-0.15, -0.1) is 0 Å². The van der Waals surface area contributed by atoms with Crippen molar-refractivity contribution >= 4 is 16.8 Å². The number of ether oxygens (including phenoxy) is 2. The van der Waals surface area contributed by atoms with Crippen molar-refractivity contribution in [2.24, 2.45) is 7.05 Å². The first-order valence-electron chi connectivity index (χ1n) is 9.47. The molecule has 1 aliphatic rings. The fourth-order valence-corrected chi connectivity index (χ4v) is 3.68. The third-order valence-electron chi connectivity index (χ3n) is 5.23. The van der Waals surface area contributed by atoms with Crippen molar-refractivity contribution in [3.05, 3.63) is 48.4 Å². The van der Waals surface area contributed by atoms with E-state index in [1.54, 1.807) is 19.5 Å². The van der Waals surface area contributed by atoms with Crippen LogP contribution < -0.4 is 9.47 Å². The van der Waals surface area contributed by atoms with Crippen LogP contribution in [0.4, 0.5) is 0 Å². The maximum Gasteiger partial charge on any atom is 0.316 e. The number of methoxy groups -OCH3 is 1. The topological polar surface area (TPSA) is 69.5 Å². The van der Waals surface area contributed by atoms with Crippen molar-refractivity contribution in [2.75, 3.05) is 20.2 Å². The van der Waals surface area contributed by atoms with Crippen LogP contribution in [-0.2, 0) is 18.3 Å². The monoisotopic (exact) mass is 380 g/mol. The SMILES string of the molecule is COc1cnc(OC2CCN(C(=O)Cc3cn(C)c4ccccc34)CC2)nc1. The van der Waals surface area contributed by atoms with Gasteiger partial charge in [0.1, 0.15) is 6.10 Å². The number of hydrogen-bond acceptors (Lipinski definition) is 5. The van der Waals surface area contributed by atoms with Gasteiger partial charge in [-0.25, -0.2) is 0 Å². The van der Waals surface area contributed by atoms with Crippen LogP contribution in [0.15, 0.2) is 42.9 Å². The lowest BCUT2D eigenvalue weighted by atomic mass is 10.1. The summed E-state index contributed by atoms with van der Waals surface area (Å²) in [6, 6.07) is 8.53. The molecule has 2 aromatic heterocycles. The zero-order valence-electron chi connectivity index (χ0n) is 16.2. The summed E-state index contributed by atoms with van der Waals surface area (Å²) in [5.74, 6) is 0.761. The highest BCUT2D eigenvalue weighted by molar-refractivity contribution is 5.89. The van der Waals surface area contributed by atoms with Crippen LogP contribution in [0, 0.1) is 0 Å². The maximum absolute atomic E-state index is 12.8. The first kappa shape index (κ1) is 18.3. The minimum atomic E-state index is 0.0231. The number of carbonyl (C=O) groups excluding carboxylic acids is 1. The molecule has 0 spiro atoms. The molecule has 0 saturated carbocycles. The molecule has 0 radical (unpaired) electrons. The van der Waals surface area contributed by atoms with Crippen molar-refractivity contribution in [2.45, 2.75) is 25.4 Å². The molecule has 0 N–H and O–H groups in total. The van der Waals surface area contributed by atoms with Crippen LogP contribution in [-0.4, -0.2) is 51.6 Å². The Balaban J connectivity index is 1.33. The summed E-state index contributed by atoms with van der Waals surface area (Å²) in [4.78, 5) is 23.0. The van der Waals surface area contributed by atoms with Gasteiger partial charge >= 0.3 is 6.01 Å². The number of fused-ring (bicyclic) bond motifs is 1. The average molecular weight is 380 g/mol. The van der Waals surface area contributed by atoms with E-state index in [1.165, 1.54) is 0 Å². The van der Waals surface area contributed by atoms with Crippen LogP contribution >= 0.6 is 0 Å². The smallest absolute Gasteiger partial charge is 0.316 e. The zero-order valence-corrected chi connectivity index (χ0v) is 16.2. The molecule has 0 atom stereocenters. The molecule has 7 nitrogen and oxygen atoms in total. The van der Waals surface area contributed by atoms with E-state index in [2.05, 4.69) is 32.9 Å². The lowest BCUT2D eigenvalue weighted by Gasteiger charge is -2.31. The fourth-order valence-electron chi connectivity index (χ4n) is 3.68. The summed E-state index contributed by atoms with van der Waals surface area (Å²) in [5.41, 5.74) is 2.23. The summed E-state index contributed by atoms with van der Waals surface area (Å²) in [5, 5.41) is 1.15. The number of piperidine rings is 1. The summed E-state index contributed by atoms with van der Waals surface area (Å²) >= 11 is 0. The van der Waals surface area contributed by atoms with Crippen LogP contribution in [0.3, 0.4) is 0 Å². The zero-order chi connectivity index (χ0) is 19.5. The van der Waals surface area contributed by atoms with Gasteiger partial charge in [0, 0.05) is 50.1 Å². The van der Waals surface area contributed by atoms with E-state index >= 15 is 0 Å². The first-order valence-corrected chi connectivity index (χ1v) is 9.47. The summed E-state index contributed by atoms with van der Waals surface area (Å²) in [6.07, 6.45) is 7.23. The molecule has 1 fully saturated rings. The molecule has 7 heteroatoms. The molecular weight excluding hydrogens is 356 g/mol. The molecular formula is C21H24N4O3. The quantitative estimate of drug-likeness (QED) is 0.680. The van der Waals surface area contributed by atoms with Crippen molar-refractivity contribution < 1.29 is 14.3 Å². The molecule has 146 valence electrons. The van der Waals surface area contributed by atoms with E-state index in [1.807, 2.05) is 24.1 Å². The minimum Gasteiger partial charge on any atom is -0.494 e. The Morgan fingerprint density at radius 3 is 2.61 bits per heavy atom. The van der Waals surface area contributed by atoms with Gasteiger partial charge in [0.25, 0.3) is 0 Å². The van der Waals surface area contributed by atoms with Gasteiger partial charge in [-0.05, 0) is 11.6 Å². The van der Waals surface area contributed by atoms with Crippen LogP contribution in [0.1, 0.15) is 18.4 Å². The molecule has 1 amide bonds. The Kier molecular flexibility index (Phi) is 5.14. The summed E-state index contributed by atoms with van der Waals surface area (Å²) in [6.45, 7) is 1.37. The normalized spacial score (nSPS) is 15.0. The Labute approximate surface area is 163 Å². The number of nitrogens with zero attached hydrogens (tertiary/aromatic N) is 4. The summed E-state index contributed by atoms with van der Waals surface area (Å²) < 4.78 is 13.0. The molecule has 0 bridgehead atoms. The van der Waals surface area contributed by atoms with Crippen LogP contribution in [0.2, 0.25) is 0 Å². The highest BCUT2D eigenvalue weighted by Gasteiger charge is 2.25. The van der Waals surface area contributed by atoms with E-state index in [9.17, 15) is 4.79 Å². The molecule has 1 saturated heterocycles. The number of amides is 1. The fraction of sp³-hybridized carbons (Fsp3) is 0.381. The number of para-hydroxylation sites is 1. The van der Waals surface area contributed by atoms with E-state index < -0.39 is 0 Å². The third-order valence-corrected chi connectivity index (χ3v) is 5.23. The molecule has 1 aliphatic heterocycles. The number of carbonyl (C=O) groups is 1. The molecule has 0 unspecified atom stereocenters. The average Bonchev–Trinajstić information content (AvgIpc) is 3.05. The molecule has 4 rings (SSSR count). The standard InChI is InChI=1S/C21H24N4O3/c1-24-14-15(18-5-3-4-6-19(18)24)11-20(26)25-9-7-16(8-10-25)28-21-22-12-17(27-2)13-23-21/h3-6,12-14,16H,7-11H2,1-2H3. The summed E-state index contributed by atoms with van der Waals surface area (Å²) in [7, 11) is 3.59. The Morgan fingerprint density at radius 2 is 1.89 bits per heavy atom. The van der Waals surface area contributed by atoms with Crippen molar-refractivity contribution in [3.8, 4) is 11.8 Å². The number of hydrogen-bond donors (Lipinski definition) is 0. The number of benzene rings is 1. The first-order chi connectivity index (χ1) is 13.6. The second-order valence-corrected chi connectivity index (χ2v) is 7.06. The molecule has 1 aromatic carbocycles. The van der Waals surface area contributed by atoms with Gasteiger partial charge in [-0.3, -0.25) is 4.79 Å². The number of rotatable bonds is 5. The number of likely N-dealkylation sites (tertiary alicyclic amines) is 1. The second-order valence-electron chi connectivity index (χ2n) is 7.06. The molecule has 28 heavy (non-hydrogen) atoms. The maximum atomic E-state index is 12.8. The van der Waals surface area contributed by atoms with E-state index in [-0.39, 0.29) is 12.0 Å². The molecule has 3 aromatic rings. The lowest BCUT2D eigenvalue weighted by Crippen LogP contribution is -2.42. The van der Waals surface area contributed by atoms with Crippen molar-refractivity contribution in [1.29, 1.82) is 0 Å². The van der Waals surface area contributed by atoms with Gasteiger partial charge in [-0.2, -0.15) is 9.97 Å². The largest absolute Gasteiger partial charge is 0.494 e.